The molecule has 0 aliphatic heterocycles. The molecule has 0 aliphatic rings. The molecular weight excluding hydrogens is 508 g/mol. The van der Waals surface area contributed by atoms with Crippen LogP contribution in [0.2, 0.25) is 0 Å². The first-order chi connectivity index (χ1) is 18.3. The molecule has 0 aromatic heterocycles. The van der Waals surface area contributed by atoms with E-state index >= 15 is 0 Å². The maximum Gasteiger partial charge on any atom is 0.408 e. The third-order valence-electron chi connectivity index (χ3n) is 5.02. The standard InChI is InChI=1S/C26H54N6O7/c1-25(2,3)38-23(36)31-20(18-33)17-29-15-9-13-27-11-7-8-12-28-14-10-16-30-22(35)21(19-34)32-24(37)39-26(4,5)6/h20-21,27-29,33-34H,7-19H2,1-6H3,(H,30,35)(H,31,36)(H,32,37)/t20-,21+/m1/s1. The summed E-state index contributed by atoms with van der Waals surface area (Å²) in [7, 11) is 0. The lowest BCUT2D eigenvalue weighted by Crippen LogP contribution is -2.50. The fraction of sp³-hybridized carbons (Fsp3) is 0.885. The summed E-state index contributed by atoms with van der Waals surface area (Å²) >= 11 is 0. The van der Waals surface area contributed by atoms with E-state index in [4.69, 9.17) is 9.47 Å². The highest BCUT2D eigenvalue weighted by Crippen LogP contribution is 2.07. The minimum absolute atomic E-state index is 0.162. The number of ether oxygens (including phenoxy) is 2. The number of carbonyl (C=O) groups is 3. The maximum absolute atomic E-state index is 12.1. The molecule has 0 radical (unpaired) electrons. The van der Waals surface area contributed by atoms with E-state index in [0.717, 1.165) is 58.4 Å². The van der Waals surface area contributed by atoms with Crippen molar-refractivity contribution < 1.29 is 34.1 Å². The van der Waals surface area contributed by atoms with E-state index in [2.05, 4.69) is 31.9 Å². The van der Waals surface area contributed by atoms with Crippen LogP contribution in [-0.4, -0.2) is 111 Å². The Kier molecular flexibility index (Phi) is 19.5. The summed E-state index contributed by atoms with van der Waals surface area (Å²) < 4.78 is 10.3. The van der Waals surface area contributed by atoms with E-state index in [1.54, 1.807) is 41.5 Å². The number of amides is 3. The second-order valence-corrected chi connectivity index (χ2v) is 11.3. The van der Waals surface area contributed by atoms with Gasteiger partial charge in [-0.1, -0.05) is 0 Å². The Bertz CT molecular complexity index is 683. The summed E-state index contributed by atoms with van der Waals surface area (Å²) in [5.41, 5.74) is -1.26. The highest BCUT2D eigenvalue weighted by Gasteiger charge is 2.23. The SMILES string of the molecule is CC(C)(C)OC(=O)N[C@@H](CO)CNCCCNCCCCNCCCNC(=O)[C@H](CO)NC(=O)OC(C)(C)C. The van der Waals surface area contributed by atoms with Crippen LogP contribution in [0.1, 0.15) is 67.2 Å². The van der Waals surface area contributed by atoms with Crippen molar-refractivity contribution in [3.63, 3.8) is 0 Å². The zero-order chi connectivity index (χ0) is 29.7. The van der Waals surface area contributed by atoms with Crippen molar-refractivity contribution in [2.75, 3.05) is 59.0 Å². The predicted molar refractivity (Wildman–Crippen MR) is 151 cm³/mol. The Labute approximate surface area is 233 Å². The van der Waals surface area contributed by atoms with Gasteiger partial charge in [0.1, 0.15) is 17.2 Å². The van der Waals surface area contributed by atoms with E-state index in [1.165, 1.54) is 0 Å². The van der Waals surface area contributed by atoms with Gasteiger partial charge < -0.3 is 51.6 Å². The molecule has 13 nitrogen and oxygen atoms in total. The van der Waals surface area contributed by atoms with Crippen molar-refractivity contribution in [2.45, 2.75) is 90.5 Å². The number of hydrogen-bond donors (Lipinski definition) is 8. The van der Waals surface area contributed by atoms with Crippen molar-refractivity contribution in [2.24, 2.45) is 0 Å². The van der Waals surface area contributed by atoms with Gasteiger partial charge in [-0.2, -0.15) is 0 Å². The fourth-order valence-electron chi connectivity index (χ4n) is 3.19. The molecule has 0 aromatic rings. The zero-order valence-electron chi connectivity index (χ0n) is 24.8. The molecule has 2 atom stereocenters. The van der Waals surface area contributed by atoms with Crippen LogP contribution in [0.25, 0.3) is 0 Å². The molecule has 8 N–H and O–H groups in total. The quantitative estimate of drug-likeness (QED) is 0.0955. The van der Waals surface area contributed by atoms with Crippen LogP contribution in [0.15, 0.2) is 0 Å². The third kappa shape index (κ3) is 23.4. The average molecular weight is 563 g/mol. The smallest absolute Gasteiger partial charge is 0.408 e. The first-order valence-corrected chi connectivity index (χ1v) is 13.9. The van der Waals surface area contributed by atoms with Crippen LogP contribution in [0.4, 0.5) is 9.59 Å². The first-order valence-electron chi connectivity index (χ1n) is 13.9. The number of hydrogen-bond acceptors (Lipinski definition) is 10. The zero-order valence-corrected chi connectivity index (χ0v) is 24.8. The van der Waals surface area contributed by atoms with Gasteiger partial charge >= 0.3 is 12.2 Å². The maximum atomic E-state index is 12.1. The lowest BCUT2D eigenvalue weighted by Gasteiger charge is -2.23. The largest absolute Gasteiger partial charge is 0.444 e. The molecule has 0 spiro atoms. The first kappa shape index (κ1) is 36.8. The number of aliphatic hydroxyl groups excluding tert-OH is 2. The van der Waals surface area contributed by atoms with E-state index in [9.17, 15) is 24.6 Å². The molecule has 230 valence electrons. The Morgan fingerprint density at radius 2 is 1.10 bits per heavy atom. The number of unbranched alkanes of at least 4 members (excludes halogenated alkanes) is 1. The van der Waals surface area contributed by atoms with E-state index < -0.39 is 48.0 Å². The van der Waals surface area contributed by atoms with Gasteiger partial charge in [0.05, 0.1) is 19.3 Å². The number of rotatable bonds is 20. The Hall–Kier alpha value is -2.19. The molecule has 0 rings (SSSR count). The van der Waals surface area contributed by atoms with Crippen LogP contribution in [0, 0.1) is 0 Å². The van der Waals surface area contributed by atoms with Gasteiger partial charge in [-0.25, -0.2) is 9.59 Å². The number of carbonyl (C=O) groups excluding carboxylic acids is 3. The van der Waals surface area contributed by atoms with Crippen LogP contribution in [0.3, 0.4) is 0 Å². The summed E-state index contributed by atoms with van der Waals surface area (Å²) in [6.45, 7) is 15.0. The second-order valence-electron chi connectivity index (χ2n) is 11.3. The van der Waals surface area contributed by atoms with Crippen LogP contribution in [0.5, 0.6) is 0 Å². The predicted octanol–water partition coefficient (Wildman–Crippen LogP) is 0.203. The van der Waals surface area contributed by atoms with Gasteiger partial charge in [-0.15, -0.1) is 0 Å². The lowest BCUT2D eigenvalue weighted by atomic mass is 10.2. The highest BCUT2D eigenvalue weighted by atomic mass is 16.6. The molecule has 13 heteroatoms. The third-order valence-corrected chi connectivity index (χ3v) is 5.02. The molecule has 0 aromatic carbocycles. The normalized spacial score (nSPS) is 13.3. The van der Waals surface area contributed by atoms with Gasteiger partial charge in [0.2, 0.25) is 5.91 Å². The molecular formula is C26H54N6O7. The second kappa shape index (κ2) is 20.7. The summed E-state index contributed by atoms with van der Waals surface area (Å²) in [4.78, 5) is 35.6. The average Bonchev–Trinajstić information content (AvgIpc) is 2.81. The number of nitrogens with one attached hydrogen (secondary N) is 6. The van der Waals surface area contributed by atoms with Crippen molar-refractivity contribution >= 4 is 18.1 Å². The van der Waals surface area contributed by atoms with Gasteiger partial charge in [0, 0.05) is 13.1 Å². The van der Waals surface area contributed by atoms with Crippen molar-refractivity contribution in [3.05, 3.63) is 0 Å². The minimum Gasteiger partial charge on any atom is -0.444 e. The van der Waals surface area contributed by atoms with Crippen molar-refractivity contribution in [1.29, 1.82) is 0 Å². The summed E-state index contributed by atoms with van der Waals surface area (Å²) in [6.07, 6.45) is 2.44. The van der Waals surface area contributed by atoms with Crippen LogP contribution in [-0.2, 0) is 14.3 Å². The summed E-state index contributed by atoms with van der Waals surface area (Å²) in [6, 6.07) is -1.44. The number of alkyl carbamates (subject to hydrolysis) is 2. The van der Waals surface area contributed by atoms with Gasteiger partial charge in [0.15, 0.2) is 0 Å². The van der Waals surface area contributed by atoms with E-state index in [-0.39, 0.29) is 6.61 Å². The van der Waals surface area contributed by atoms with Crippen molar-refractivity contribution in [3.8, 4) is 0 Å². The molecule has 0 aliphatic carbocycles. The van der Waals surface area contributed by atoms with E-state index in [0.29, 0.717) is 13.1 Å². The van der Waals surface area contributed by atoms with Crippen molar-refractivity contribution in [1.82, 2.24) is 31.9 Å². The van der Waals surface area contributed by atoms with Gasteiger partial charge in [-0.05, 0) is 99.9 Å². The molecule has 0 bridgehead atoms. The topological polar surface area (TPSA) is 182 Å². The molecule has 0 fully saturated rings. The summed E-state index contributed by atoms with van der Waals surface area (Å²) in [5.74, 6) is -0.449. The Morgan fingerprint density at radius 3 is 1.59 bits per heavy atom. The minimum atomic E-state index is -1.05. The Morgan fingerprint density at radius 1 is 0.641 bits per heavy atom. The fourth-order valence-corrected chi connectivity index (χ4v) is 3.19. The lowest BCUT2D eigenvalue weighted by molar-refractivity contribution is -0.124. The van der Waals surface area contributed by atoms with Gasteiger partial charge in [0.25, 0.3) is 0 Å². The van der Waals surface area contributed by atoms with Gasteiger partial charge in [-0.3, -0.25) is 4.79 Å². The summed E-state index contributed by atoms with van der Waals surface area (Å²) in [5, 5.41) is 36.5. The van der Waals surface area contributed by atoms with E-state index in [1.807, 2.05) is 0 Å². The molecule has 0 saturated heterocycles. The Balaban J connectivity index is 3.64. The molecule has 0 unspecified atom stereocenters. The number of aliphatic hydroxyl groups is 2. The monoisotopic (exact) mass is 562 g/mol. The molecule has 39 heavy (non-hydrogen) atoms. The molecule has 3 amide bonds. The highest BCUT2D eigenvalue weighted by molar-refractivity contribution is 5.85. The van der Waals surface area contributed by atoms with Crippen LogP contribution >= 0.6 is 0 Å². The van der Waals surface area contributed by atoms with Crippen LogP contribution < -0.4 is 31.9 Å². The molecule has 0 heterocycles. The molecule has 0 saturated carbocycles.